The monoisotopic (exact) mass is 242 g/mol. The molecule has 1 aliphatic rings. The zero-order chi connectivity index (χ0) is 12.7. The Kier molecular flexibility index (Phi) is 2.62. The Bertz CT molecular complexity index is 598. The molecule has 2 heterocycles. The fraction of sp³-hybridized carbons (Fsp3) is 0.400. The highest BCUT2D eigenvalue weighted by molar-refractivity contribution is 5.86. The van der Waals surface area contributed by atoms with Gasteiger partial charge in [0.05, 0.1) is 0 Å². The molecular formula is C15H18N2O. The number of hydrogen-bond donors (Lipinski definition) is 1. The summed E-state index contributed by atoms with van der Waals surface area (Å²) in [6.45, 7) is 5.51. The van der Waals surface area contributed by atoms with Crippen molar-refractivity contribution in [1.82, 2.24) is 9.88 Å². The van der Waals surface area contributed by atoms with E-state index in [4.69, 9.17) is 0 Å². The molecule has 2 aromatic rings. The maximum atomic E-state index is 12.1. The third-order valence-corrected chi connectivity index (χ3v) is 3.69. The van der Waals surface area contributed by atoms with Crippen molar-refractivity contribution in [2.24, 2.45) is 5.92 Å². The summed E-state index contributed by atoms with van der Waals surface area (Å²) < 4.78 is 0. The number of nitrogens with zero attached hydrogens (tertiary/aromatic N) is 1. The van der Waals surface area contributed by atoms with E-state index in [0.29, 0.717) is 0 Å². The van der Waals surface area contributed by atoms with Crippen molar-refractivity contribution < 1.29 is 4.79 Å². The van der Waals surface area contributed by atoms with Crippen molar-refractivity contribution in [3.05, 3.63) is 35.5 Å². The maximum Gasteiger partial charge on any atom is 0.225 e. The zero-order valence-electron chi connectivity index (χ0n) is 10.9. The lowest BCUT2D eigenvalue weighted by Gasteiger charge is -2.28. The predicted molar refractivity (Wildman–Crippen MR) is 72.3 cm³/mol. The second-order valence-corrected chi connectivity index (χ2v) is 5.29. The first-order chi connectivity index (χ1) is 8.66. The van der Waals surface area contributed by atoms with Gasteiger partial charge >= 0.3 is 0 Å². The molecule has 1 aliphatic heterocycles. The molecule has 0 unspecified atom stereocenters. The molecule has 3 nitrogen and oxygen atoms in total. The van der Waals surface area contributed by atoms with Gasteiger partial charge in [0.1, 0.15) is 0 Å². The van der Waals surface area contributed by atoms with Crippen molar-refractivity contribution in [3.8, 4) is 0 Å². The van der Waals surface area contributed by atoms with Gasteiger partial charge < -0.3 is 9.88 Å². The maximum absolute atomic E-state index is 12.1. The number of aromatic amines is 1. The molecule has 3 heteroatoms. The molecule has 0 radical (unpaired) electrons. The largest absolute Gasteiger partial charge is 0.358 e. The van der Waals surface area contributed by atoms with Crippen LogP contribution in [0.5, 0.6) is 0 Å². The minimum atomic E-state index is 0.0803. The molecule has 0 atom stereocenters. The third-order valence-electron chi connectivity index (χ3n) is 3.69. The van der Waals surface area contributed by atoms with Gasteiger partial charge in [-0.15, -0.1) is 0 Å². The Balaban J connectivity index is 1.99. The molecule has 1 aromatic carbocycles. The normalized spacial score (nSPS) is 15.2. The van der Waals surface area contributed by atoms with Gasteiger partial charge in [0.15, 0.2) is 0 Å². The molecule has 0 fully saturated rings. The molecular weight excluding hydrogens is 224 g/mol. The van der Waals surface area contributed by atoms with Gasteiger partial charge in [-0.25, -0.2) is 0 Å². The van der Waals surface area contributed by atoms with E-state index in [2.05, 4.69) is 23.2 Å². The van der Waals surface area contributed by atoms with E-state index in [1.54, 1.807) is 0 Å². The number of rotatable bonds is 1. The summed E-state index contributed by atoms with van der Waals surface area (Å²) in [5, 5.41) is 1.26. The van der Waals surface area contributed by atoms with Gasteiger partial charge in [-0.1, -0.05) is 32.0 Å². The lowest BCUT2D eigenvalue weighted by Crippen LogP contribution is -2.38. The minimum absolute atomic E-state index is 0.0803. The number of H-pyrrole nitrogens is 1. The average Bonchev–Trinajstić information content (AvgIpc) is 2.75. The third kappa shape index (κ3) is 1.70. The van der Waals surface area contributed by atoms with Gasteiger partial charge in [0, 0.05) is 47.6 Å². The van der Waals surface area contributed by atoms with Crippen molar-refractivity contribution in [2.75, 3.05) is 6.54 Å². The smallest absolute Gasteiger partial charge is 0.225 e. The molecule has 1 N–H and O–H groups in total. The number of benzene rings is 1. The van der Waals surface area contributed by atoms with E-state index in [1.165, 1.54) is 22.2 Å². The topological polar surface area (TPSA) is 36.1 Å². The first kappa shape index (κ1) is 11.3. The Labute approximate surface area is 107 Å². The van der Waals surface area contributed by atoms with Crippen LogP contribution < -0.4 is 0 Å². The summed E-state index contributed by atoms with van der Waals surface area (Å²) in [4.78, 5) is 17.5. The quantitative estimate of drug-likeness (QED) is 0.820. The van der Waals surface area contributed by atoms with E-state index < -0.39 is 0 Å². The predicted octanol–water partition coefficient (Wildman–Crippen LogP) is 2.71. The molecule has 1 amide bonds. The lowest BCUT2D eigenvalue weighted by atomic mass is 10.0. The Morgan fingerprint density at radius 2 is 2.11 bits per heavy atom. The van der Waals surface area contributed by atoms with Crippen LogP contribution in [0, 0.1) is 5.92 Å². The van der Waals surface area contributed by atoms with Gasteiger partial charge in [-0.05, 0) is 6.07 Å². The fourth-order valence-corrected chi connectivity index (χ4v) is 2.72. The molecule has 0 bridgehead atoms. The number of hydrogen-bond acceptors (Lipinski definition) is 1. The summed E-state index contributed by atoms with van der Waals surface area (Å²) in [6.07, 6.45) is 0.933. The molecule has 0 saturated carbocycles. The summed E-state index contributed by atoms with van der Waals surface area (Å²) in [6, 6.07) is 8.33. The molecule has 1 aromatic heterocycles. The van der Waals surface area contributed by atoms with Gasteiger partial charge in [-0.3, -0.25) is 4.79 Å². The van der Waals surface area contributed by atoms with E-state index in [9.17, 15) is 4.79 Å². The first-order valence-electron chi connectivity index (χ1n) is 6.54. The van der Waals surface area contributed by atoms with Crippen LogP contribution in [0.25, 0.3) is 10.9 Å². The van der Waals surface area contributed by atoms with Crippen LogP contribution in [0.15, 0.2) is 24.3 Å². The first-order valence-corrected chi connectivity index (χ1v) is 6.54. The standard InChI is InChI=1S/C15H18N2O/c1-10(2)15(18)17-8-7-14-12(9-17)11-5-3-4-6-13(11)16-14/h3-6,10,16H,7-9H2,1-2H3. The van der Waals surface area contributed by atoms with E-state index in [1.807, 2.05) is 24.8 Å². The van der Waals surface area contributed by atoms with Crippen molar-refractivity contribution in [1.29, 1.82) is 0 Å². The number of carbonyl (C=O) groups excluding carboxylic acids is 1. The lowest BCUT2D eigenvalue weighted by molar-refractivity contribution is -0.135. The van der Waals surface area contributed by atoms with E-state index >= 15 is 0 Å². The van der Waals surface area contributed by atoms with Crippen LogP contribution in [0.4, 0.5) is 0 Å². The van der Waals surface area contributed by atoms with Crippen LogP contribution in [0.3, 0.4) is 0 Å². The highest BCUT2D eigenvalue weighted by Crippen LogP contribution is 2.28. The van der Waals surface area contributed by atoms with Crippen LogP contribution in [-0.4, -0.2) is 22.3 Å². The summed E-state index contributed by atoms with van der Waals surface area (Å²) in [5.74, 6) is 0.336. The van der Waals surface area contributed by atoms with Crippen LogP contribution in [0.2, 0.25) is 0 Å². The highest BCUT2D eigenvalue weighted by atomic mass is 16.2. The number of fused-ring (bicyclic) bond motifs is 3. The molecule has 3 rings (SSSR count). The summed E-state index contributed by atoms with van der Waals surface area (Å²) in [5.41, 5.74) is 3.77. The average molecular weight is 242 g/mol. The number of amides is 1. The Hall–Kier alpha value is -1.77. The molecule has 0 spiro atoms. The Morgan fingerprint density at radius 1 is 1.33 bits per heavy atom. The molecule has 94 valence electrons. The minimum Gasteiger partial charge on any atom is -0.358 e. The molecule has 0 aliphatic carbocycles. The number of carbonyl (C=O) groups is 1. The van der Waals surface area contributed by atoms with Gasteiger partial charge in [0.2, 0.25) is 5.91 Å². The second-order valence-electron chi connectivity index (χ2n) is 5.29. The molecule has 0 saturated heterocycles. The summed E-state index contributed by atoms with van der Waals surface area (Å²) in [7, 11) is 0. The van der Waals surface area contributed by atoms with Crippen molar-refractivity contribution in [3.63, 3.8) is 0 Å². The number of nitrogens with one attached hydrogen (secondary N) is 1. The Morgan fingerprint density at radius 3 is 2.89 bits per heavy atom. The molecule has 18 heavy (non-hydrogen) atoms. The number of aromatic nitrogens is 1. The van der Waals surface area contributed by atoms with Crippen molar-refractivity contribution >= 4 is 16.8 Å². The van der Waals surface area contributed by atoms with Gasteiger partial charge in [-0.2, -0.15) is 0 Å². The van der Waals surface area contributed by atoms with E-state index in [0.717, 1.165) is 19.5 Å². The van der Waals surface area contributed by atoms with Crippen LogP contribution in [-0.2, 0) is 17.8 Å². The summed E-state index contributed by atoms with van der Waals surface area (Å²) >= 11 is 0. The SMILES string of the molecule is CC(C)C(=O)N1CCc2[nH]c3ccccc3c2C1. The van der Waals surface area contributed by atoms with Gasteiger partial charge in [0.25, 0.3) is 0 Å². The highest BCUT2D eigenvalue weighted by Gasteiger charge is 2.24. The second kappa shape index (κ2) is 4.16. The van der Waals surface area contributed by atoms with E-state index in [-0.39, 0.29) is 11.8 Å². The van der Waals surface area contributed by atoms with Crippen molar-refractivity contribution in [2.45, 2.75) is 26.8 Å². The fourth-order valence-electron chi connectivity index (χ4n) is 2.72. The zero-order valence-corrected chi connectivity index (χ0v) is 10.9. The van der Waals surface area contributed by atoms with Crippen LogP contribution in [0.1, 0.15) is 25.1 Å². The number of para-hydroxylation sites is 1. The van der Waals surface area contributed by atoms with Crippen LogP contribution >= 0.6 is 0 Å².